The first kappa shape index (κ1) is 26.0. The van der Waals surface area contributed by atoms with Gasteiger partial charge in [-0.1, -0.05) is 0 Å². The van der Waals surface area contributed by atoms with Crippen LogP contribution in [0.1, 0.15) is 73.1 Å². The van der Waals surface area contributed by atoms with Crippen LogP contribution in [-0.2, 0) is 0 Å². The second kappa shape index (κ2) is 12.5. The molecule has 4 nitrogen and oxygen atoms in total. The number of hydrogen-bond donors (Lipinski definition) is 0. The molecule has 0 unspecified atom stereocenters. The van der Waals surface area contributed by atoms with Crippen LogP contribution in [0, 0.1) is 0 Å². The van der Waals surface area contributed by atoms with Crippen molar-refractivity contribution in [1.29, 1.82) is 0 Å². The third kappa shape index (κ3) is 5.51. The van der Waals surface area contributed by atoms with E-state index in [2.05, 4.69) is 96.5 Å². The number of halogens is 1. The molecule has 0 rings (SSSR count). The predicted octanol–water partition coefficient (Wildman–Crippen LogP) is 6.09. The van der Waals surface area contributed by atoms with Crippen LogP contribution in [0.2, 0.25) is 0 Å². The van der Waals surface area contributed by atoms with Gasteiger partial charge in [-0.2, -0.15) is 0 Å². The summed E-state index contributed by atoms with van der Waals surface area (Å²) in [5, 5.41) is 0. The van der Waals surface area contributed by atoms with Crippen molar-refractivity contribution in [2.45, 2.75) is 73.1 Å². The van der Waals surface area contributed by atoms with Crippen molar-refractivity contribution in [1.82, 2.24) is 18.7 Å². The summed E-state index contributed by atoms with van der Waals surface area (Å²) in [6.07, 6.45) is 7.56. The molecule has 0 heterocycles. The van der Waals surface area contributed by atoms with Crippen molar-refractivity contribution in [2.75, 3.05) is 53.9 Å². The van der Waals surface area contributed by atoms with Crippen molar-refractivity contribution in [3.8, 4) is 0 Å². The number of unbranched alkanes of at least 4 members (excludes halogenated alkanes) is 3. The van der Waals surface area contributed by atoms with Crippen molar-refractivity contribution in [2.24, 2.45) is 0 Å². The molecular weight excluding hydrogens is 442 g/mol. The molecule has 0 aliphatic heterocycles. The molecule has 6 heteroatoms. The number of hydrogen-bond acceptors (Lipinski definition) is 4. The predicted molar refractivity (Wildman–Crippen MR) is 126 cm³/mol. The zero-order valence-corrected chi connectivity index (χ0v) is 21.4. The Hall–Kier alpha value is 1.00. The summed E-state index contributed by atoms with van der Waals surface area (Å²) in [7, 11) is 7.13. The molecular formula is C19H46IN4P. The molecule has 25 heavy (non-hydrogen) atoms. The molecule has 0 aromatic heterocycles. The van der Waals surface area contributed by atoms with E-state index < -0.39 is 4.85 Å². The van der Waals surface area contributed by atoms with Gasteiger partial charge in [-0.15, -0.1) is 0 Å². The number of rotatable bonds is 15. The molecule has 0 bridgehead atoms. The molecule has 0 fully saturated rings. The van der Waals surface area contributed by atoms with Gasteiger partial charge < -0.3 is 0 Å². The molecule has 0 aromatic carbocycles. The van der Waals surface area contributed by atoms with E-state index in [-0.39, 0.29) is 0 Å². The van der Waals surface area contributed by atoms with Crippen molar-refractivity contribution >= 4 is 26.9 Å². The fourth-order valence-electron chi connectivity index (χ4n) is 3.82. The summed E-state index contributed by atoms with van der Waals surface area (Å²) < 4.78 is 11.0. The van der Waals surface area contributed by atoms with Crippen LogP contribution in [0.4, 0.5) is 0 Å². The molecule has 0 amide bonds. The van der Waals surface area contributed by atoms with Crippen LogP contribution < -0.4 is 0 Å². The second-order valence-corrected chi connectivity index (χ2v) is 16.7. The van der Waals surface area contributed by atoms with Gasteiger partial charge in [-0.3, -0.25) is 0 Å². The van der Waals surface area contributed by atoms with E-state index in [4.69, 9.17) is 0 Å². The maximum absolute atomic E-state index is 2.90. The second-order valence-electron chi connectivity index (χ2n) is 7.18. The SMILES string of the molecule is CCCCN(C)P(I)(N(C)CCCC)(N(C)CCCC)N(CC)CC. The van der Waals surface area contributed by atoms with Crippen molar-refractivity contribution in [3.63, 3.8) is 0 Å². The van der Waals surface area contributed by atoms with Gasteiger partial charge in [0.1, 0.15) is 0 Å². The van der Waals surface area contributed by atoms with Gasteiger partial charge in [0.2, 0.25) is 0 Å². The number of nitrogens with zero attached hydrogens (tertiary/aromatic N) is 4. The first-order chi connectivity index (χ1) is 11.8. The van der Waals surface area contributed by atoms with Gasteiger partial charge >= 0.3 is 173 Å². The molecule has 0 aliphatic rings. The molecule has 0 saturated carbocycles. The average molecular weight is 488 g/mol. The van der Waals surface area contributed by atoms with E-state index in [1.807, 2.05) is 0 Å². The molecule has 0 aliphatic carbocycles. The fourth-order valence-corrected chi connectivity index (χ4v) is 12.9. The van der Waals surface area contributed by atoms with Gasteiger partial charge in [0.15, 0.2) is 0 Å². The quantitative estimate of drug-likeness (QED) is 0.204. The molecule has 0 radical (unpaired) electrons. The normalized spacial score (nSPS) is 14.7. The monoisotopic (exact) mass is 488 g/mol. The summed E-state index contributed by atoms with van der Waals surface area (Å²) in [5.74, 6) is 0. The topological polar surface area (TPSA) is 13.0 Å². The van der Waals surface area contributed by atoms with Crippen LogP contribution in [0.5, 0.6) is 0 Å². The Morgan fingerprint density at radius 1 is 0.600 bits per heavy atom. The van der Waals surface area contributed by atoms with Crippen LogP contribution in [0.3, 0.4) is 0 Å². The van der Waals surface area contributed by atoms with E-state index in [0.29, 0.717) is 0 Å². The summed E-state index contributed by atoms with van der Waals surface area (Å²) >= 11 is 2.90. The third-order valence-electron chi connectivity index (χ3n) is 5.48. The Labute approximate surface area is 172 Å². The molecule has 0 aromatic rings. The van der Waals surface area contributed by atoms with Crippen LogP contribution in [-0.4, -0.2) is 72.5 Å². The van der Waals surface area contributed by atoms with Gasteiger partial charge in [-0.25, -0.2) is 0 Å². The average Bonchev–Trinajstić information content (AvgIpc) is 2.62. The summed E-state index contributed by atoms with van der Waals surface area (Å²) in [6, 6.07) is 0. The molecule has 0 spiro atoms. The van der Waals surface area contributed by atoms with E-state index >= 15 is 0 Å². The summed E-state index contributed by atoms with van der Waals surface area (Å²) in [6.45, 7) is 17.3. The van der Waals surface area contributed by atoms with E-state index in [9.17, 15) is 0 Å². The van der Waals surface area contributed by atoms with Gasteiger partial charge in [-0.05, 0) is 0 Å². The van der Waals surface area contributed by atoms with Crippen LogP contribution >= 0.6 is 26.9 Å². The Morgan fingerprint density at radius 3 is 1.08 bits per heavy atom. The Balaban J connectivity index is 6.17. The molecule has 154 valence electrons. The zero-order chi connectivity index (χ0) is 19.5. The molecule has 0 saturated heterocycles. The standard InChI is InChI=1S/C19H46IN4P/c1-9-14-17-21(6)25(20,24(12-4)13-5,22(7)18-15-10-2)23(8)19-16-11-3/h9-19H2,1-8H3. The Bertz CT molecular complexity index is 314. The Kier molecular flexibility index (Phi) is 13.0. The van der Waals surface area contributed by atoms with E-state index in [0.717, 1.165) is 13.1 Å². The van der Waals surface area contributed by atoms with Gasteiger partial charge in [0.25, 0.3) is 0 Å². The van der Waals surface area contributed by atoms with Crippen LogP contribution in [0.15, 0.2) is 0 Å². The molecule has 0 N–H and O–H groups in total. The van der Waals surface area contributed by atoms with E-state index in [1.54, 1.807) is 0 Å². The van der Waals surface area contributed by atoms with Gasteiger partial charge in [0, 0.05) is 0 Å². The van der Waals surface area contributed by atoms with Crippen LogP contribution in [0.25, 0.3) is 0 Å². The van der Waals surface area contributed by atoms with Crippen molar-refractivity contribution in [3.05, 3.63) is 0 Å². The maximum atomic E-state index is 2.90. The van der Waals surface area contributed by atoms with E-state index in [1.165, 1.54) is 58.2 Å². The first-order valence-electron chi connectivity index (χ1n) is 10.4. The fraction of sp³-hybridized carbons (Fsp3) is 1.00. The first-order valence-corrected chi connectivity index (χ1v) is 15.3. The van der Waals surface area contributed by atoms with Crippen molar-refractivity contribution < 1.29 is 0 Å². The molecule has 0 atom stereocenters. The van der Waals surface area contributed by atoms with Gasteiger partial charge in [0.05, 0.1) is 0 Å². The third-order valence-corrected chi connectivity index (χ3v) is 19.6. The minimum atomic E-state index is -2.55. The zero-order valence-electron chi connectivity index (χ0n) is 18.4. The minimum absolute atomic E-state index is 1.10. The summed E-state index contributed by atoms with van der Waals surface area (Å²) in [4.78, 5) is -2.55. The summed E-state index contributed by atoms with van der Waals surface area (Å²) in [5.41, 5.74) is 0. The Morgan fingerprint density at radius 2 is 0.880 bits per heavy atom.